The van der Waals surface area contributed by atoms with Gasteiger partial charge in [0, 0.05) is 30.3 Å². The summed E-state index contributed by atoms with van der Waals surface area (Å²) in [6.45, 7) is 0. The van der Waals surface area contributed by atoms with Gasteiger partial charge in [0.1, 0.15) is 11.5 Å². The Kier molecular flexibility index (Phi) is 5.10. The number of amides is 1. The maximum absolute atomic E-state index is 13.6. The van der Waals surface area contributed by atoms with Crippen molar-refractivity contribution < 1.29 is 38.9 Å². The number of phenols is 1. The lowest BCUT2D eigenvalue weighted by molar-refractivity contribution is -0.175. The van der Waals surface area contributed by atoms with Crippen LogP contribution in [0.1, 0.15) is 28.8 Å². The molecule has 3 aliphatic carbocycles. The van der Waals surface area contributed by atoms with E-state index in [9.17, 15) is 34.2 Å². The molecule has 0 aliphatic heterocycles. The van der Waals surface area contributed by atoms with E-state index in [-0.39, 0.29) is 30.6 Å². The van der Waals surface area contributed by atoms with Crippen molar-refractivity contribution in [2.45, 2.75) is 24.9 Å². The van der Waals surface area contributed by atoms with Crippen LogP contribution in [0.5, 0.6) is 11.5 Å². The van der Waals surface area contributed by atoms with Crippen LogP contribution in [-0.2, 0) is 25.6 Å². The van der Waals surface area contributed by atoms with Gasteiger partial charge in [0.05, 0.1) is 18.6 Å². The van der Waals surface area contributed by atoms with E-state index in [4.69, 9.17) is 10.5 Å². The molecule has 10 nitrogen and oxygen atoms in total. The van der Waals surface area contributed by atoms with Crippen molar-refractivity contribution in [2.75, 3.05) is 7.11 Å². The van der Waals surface area contributed by atoms with E-state index >= 15 is 0 Å². The van der Waals surface area contributed by atoms with Crippen molar-refractivity contribution in [3.05, 3.63) is 41.7 Å². The number of fused-ring (bicyclic) bond motifs is 3. The fraction of sp³-hybridized carbons (Fsp3) is 0.360. The van der Waals surface area contributed by atoms with E-state index in [1.807, 2.05) is 0 Å². The second-order valence-electron chi connectivity index (χ2n) is 9.30. The number of primary amides is 1. The number of aliphatic hydroxyl groups is 1. The van der Waals surface area contributed by atoms with E-state index in [1.54, 1.807) is 24.5 Å². The van der Waals surface area contributed by atoms with Crippen LogP contribution in [0, 0.1) is 23.7 Å². The number of aromatic nitrogens is 1. The number of hydrogen-bond donors (Lipinski definition) is 3. The number of rotatable bonds is 3. The standard InChI is InChI=1S/C25H22N2O8/c1-35-17-4-5-27-9-14(17)12-2-3-15(28)19-13(12)7-10-6-11-8-16(29)20(24(26)33)23(32)25(11,34)22(31)18(10)21(19)30/h2-5,9-11,18,20,28,34H,6-8H2,1H3,(H2,26,33)/t10-,11+,18?,20?,25+/m1/s1. The van der Waals surface area contributed by atoms with Gasteiger partial charge in [-0.05, 0) is 42.0 Å². The average Bonchev–Trinajstić information content (AvgIpc) is 2.81. The Morgan fingerprint density at radius 1 is 1.11 bits per heavy atom. The maximum atomic E-state index is 13.6. The predicted molar refractivity (Wildman–Crippen MR) is 118 cm³/mol. The lowest BCUT2D eigenvalue weighted by Gasteiger charge is -2.48. The normalized spacial score (nSPS) is 29.8. The molecule has 2 aromatic rings. The summed E-state index contributed by atoms with van der Waals surface area (Å²) in [4.78, 5) is 68.4. The number of aromatic hydroxyl groups is 1. The fourth-order valence-electron chi connectivity index (χ4n) is 5.98. The van der Waals surface area contributed by atoms with E-state index in [0.717, 1.165) is 0 Å². The summed E-state index contributed by atoms with van der Waals surface area (Å²) < 4.78 is 5.42. The highest BCUT2D eigenvalue weighted by molar-refractivity contribution is 6.31. The largest absolute Gasteiger partial charge is 0.507 e. The zero-order valence-electron chi connectivity index (χ0n) is 18.7. The summed E-state index contributed by atoms with van der Waals surface area (Å²) >= 11 is 0. The highest BCUT2D eigenvalue weighted by Gasteiger charge is 2.66. The molecular formula is C25H22N2O8. The highest BCUT2D eigenvalue weighted by Crippen LogP contribution is 2.51. The number of methoxy groups -OCH3 is 1. The minimum absolute atomic E-state index is 0.0281. The van der Waals surface area contributed by atoms with Crippen LogP contribution in [0.15, 0.2) is 30.6 Å². The first-order valence-electron chi connectivity index (χ1n) is 11.1. The topological polar surface area (TPSA) is 174 Å². The fourth-order valence-corrected chi connectivity index (χ4v) is 5.98. The first kappa shape index (κ1) is 22.9. The quantitative estimate of drug-likeness (QED) is 0.527. The van der Waals surface area contributed by atoms with Crippen molar-refractivity contribution in [3.63, 3.8) is 0 Å². The molecule has 1 aromatic heterocycles. The summed E-state index contributed by atoms with van der Waals surface area (Å²) in [6.07, 6.45) is 2.94. The lowest BCUT2D eigenvalue weighted by atomic mass is 9.53. The van der Waals surface area contributed by atoms with Crippen molar-refractivity contribution in [2.24, 2.45) is 29.4 Å². The summed E-state index contributed by atoms with van der Waals surface area (Å²) in [7, 11) is 1.49. The van der Waals surface area contributed by atoms with Gasteiger partial charge in [-0.3, -0.25) is 29.0 Å². The predicted octanol–water partition coefficient (Wildman–Crippen LogP) is 0.397. The lowest BCUT2D eigenvalue weighted by Crippen LogP contribution is -2.68. The van der Waals surface area contributed by atoms with Crippen LogP contribution in [0.2, 0.25) is 0 Å². The molecule has 2 fully saturated rings. The number of phenolic OH excluding ortho intramolecular Hbond substituents is 1. The minimum atomic E-state index is -2.66. The Bertz CT molecular complexity index is 1330. The molecule has 1 amide bonds. The number of carbonyl (C=O) groups is 5. The van der Waals surface area contributed by atoms with Gasteiger partial charge in [-0.2, -0.15) is 0 Å². The Morgan fingerprint density at radius 2 is 1.86 bits per heavy atom. The van der Waals surface area contributed by atoms with Crippen molar-refractivity contribution >= 4 is 29.0 Å². The van der Waals surface area contributed by atoms with Gasteiger partial charge in [-0.1, -0.05) is 6.07 Å². The van der Waals surface area contributed by atoms with Crippen molar-refractivity contribution in [1.29, 1.82) is 0 Å². The van der Waals surface area contributed by atoms with Crippen LogP contribution in [0.25, 0.3) is 11.1 Å². The molecule has 1 heterocycles. The van der Waals surface area contributed by atoms with Gasteiger partial charge < -0.3 is 20.7 Å². The minimum Gasteiger partial charge on any atom is -0.507 e. The Hall–Kier alpha value is -3.92. The molecule has 0 bridgehead atoms. The molecule has 1 aromatic carbocycles. The molecule has 4 N–H and O–H groups in total. The zero-order chi connectivity index (χ0) is 25.2. The molecule has 3 aliphatic rings. The SMILES string of the molecule is COc1ccncc1-c1ccc(O)c2c1C[C@H]1C[C@H]3CC(=O)C(C(N)=O)C(=O)[C@@]3(O)C(=O)C1C2=O. The van der Waals surface area contributed by atoms with Crippen LogP contribution >= 0.6 is 0 Å². The molecular weight excluding hydrogens is 456 g/mol. The number of carbonyl (C=O) groups excluding carboxylic acids is 5. The second-order valence-corrected chi connectivity index (χ2v) is 9.30. The number of ether oxygens (including phenoxy) is 1. The van der Waals surface area contributed by atoms with Gasteiger partial charge in [-0.25, -0.2) is 0 Å². The molecule has 0 radical (unpaired) electrons. The maximum Gasteiger partial charge on any atom is 0.235 e. The summed E-state index contributed by atoms with van der Waals surface area (Å²) in [5.41, 5.74) is 4.12. The molecule has 0 spiro atoms. The van der Waals surface area contributed by atoms with E-state index in [1.165, 1.54) is 13.2 Å². The number of hydrogen-bond acceptors (Lipinski definition) is 9. The van der Waals surface area contributed by atoms with Crippen molar-refractivity contribution in [1.82, 2.24) is 4.98 Å². The van der Waals surface area contributed by atoms with Crippen molar-refractivity contribution in [3.8, 4) is 22.6 Å². The number of nitrogens with two attached hydrogens (primary N) is 1. The third-order valence-corrected chi connectivity index (χ3v) is 7.58. The number of pyridine rings is 1. The molecule has 10 heteroatoms. The molecule has 2 saturated carbocycles. The number of ketones is 4. The summed E-state index contributed by atoms with van der Waals surface area (Å²) in [5, 5.41) is 21.8. The summed E-state index contributed by atoms with van der Waals surface area (Å²) in [5.74, 6) is -9.92. The monoisotopic (exact) mass is 478 g/mol. The number of nitrogens with zero attached hydrogens (tertiary/aromatic N) is 1. The Morgan fingerprint density at radius 3 is 2.54 bits per heavy atom. The molecule has 2 unspecified atom stereocenters. The van der Waals surface area contributed by atoms with E-state index in [0.29, 0.717) is 22.4 Å². The Labute approximate surface area is 199 Å². The average molecular weight is 478 g/mol. The zero-order valence-corrected chi connectivity index (χ0v) is 18.7. The molecule has 0 saturated heterocycles. The van der Waals surface area contributed by atoms with Gasteiger partial charge in [-0.15, -0.1) is 0 Å². The van der Waals surface area contributed by atoms with Crippen LogP contribution in [-0.4, -0.2) is 56.9 Å². The Balaban J connectivity index is 1.63. The van der Waals surface area contributed by atoms with E-state index < -0.39 is 58.3 Å². The summed E-state index contributed by atoms with van der Waals surface area (Å²) in [6, 6.07) is 4.62. The first-order valence-corrected chi connectivity index (χ1v) is 11.1. The molecule has 5 rings (SSSR count). The highest BCUT2D eigenvalue weighted by atomic mass is 16.5. The second kappa shape index (κ2) is 7.81. The van der Waals surface area contributed by atoms with E-state index in [2.05, 4.69) is 4.98 Å². The third-order valence-electron chi connectivity index (χ3n) is 7.58. The van der Waals surface area contributed by atoms with Gasteiger partial charge in [0.15, 0.2) is 34.7 Å². The van der Waals surface area contributed by atoms with Gasteiger partial charge in [0.25, 0.3) is 0 Å². The molecule has 180 valence electrons. The smallest absolute Gasteiger partial charge is 0.235 e. The molecule has 35 heavy (non-hydrogen) atoms. The van der Waals surface area contributed by atoms with Gasteiger partial charge in [0.2, 0.25) is 5.91 Å². The van der Waals surface area contributed by atoms with Crippen LogP contribution in [0.3, 0.4) is 0 Å². The van der Waals surface area contributed by atoms with Gasteiger partial charge >= 0.3 is 0 Å². The third kappa shape index (κ3) is 3.06. The van der Waals surface area contributed by atoms with Crippen LogP contribution in [0.4, 0.5) is 0 Å². The van der Waals surface area contributed by atoms with Crippen LogP contribution < -0.4 is 10.5 Å². The molecule has 5 atom stereocenters. The first-order chi connectivity index (χ1) is 16.6. The number of Topliss-reactive ketones (excluding diaryl/α,β-unsaturated/α-hetero) is 4. The number of benzene rings is 1.